The lowest BCUT2D eigenvalue weighted by atomic mass is 10.2. The SMILES string of the molecule is CC(=O)N(CC(=O)N1CCN(c2cccc(C)c2)CC1)c1ccc(Cl)cc1. The first-order chi connectivity index (χ1) is 12.9. The number of anilines is 2. The standard InChI is InChI=1S/C21H24ClN3O2/c1-16-4-3-5-20(14-16)23-10-12-24(13-11-23)21(27)15-25(17(2)26)19-8-6-18(22)7-9-19/h3-9,14H,10-13,15H2,1-2H3. The highest BCUT2D eigenvalue weighted by Gasteiger charge is 2.24. The van der Waals surface area contributed by atoms with E-state index in [9.17, 15) is 9.59 Å². The number of carbonyl (C=O) groups excluding carboxylic acids is 2. The molecule has 2 amide bonds. The zero-order chi connectivity index (χ0) is 19.4. The Balaban J connectivity index is 1.61. The van der Waals surface area contributed by atoms with Crippen LogP contribution >= 0.6 is 11.6 Å². The number of aryl methyl sites for hydroxylation is 1. The molecule has 0 radical (unpaired) electrons. The van der Waals surface area contributed by atoms with Crippen LogP contribution in [0.1, 0.15) is 12.5 Å². The molecule has 27 heavy (non-hydrogen) atoms. The second kappa shape index (κ2) is 8.44. The van der Waals surface area contributed by atoms with Gasteiger partial charge in [-0.15, -0.1) is 0 Å². The first-order valence-electron chi connectivity index (χ1n) is 9.07. The predicted octanol–water partition coefficient (Wildman–Crippen LogP) is 3.35. The third-order valence-electron chi connectivity index (χ3n) is 4.81. The molecule has 0 atom stereocenters. The highest BCUT2D eigenvalue weighted by atomic mass is 35.5. The number of nitrogens with zero attached hydrogens (tertiary/aromatic N) is 3. The van der Waals surface area contributed by atoms with Crippen LogP contribution in [0.4, 0.5) is 11.4 Å². The molecule has 3 rings (SSSR count). The molecule has 0 saturated carbocycles. The van der Waals surface area contributed by atoms with Crippen LogP contribution in [0.3, 0.4) is 0 Å². The molecule has 0 aliphatic carbocycles. The molecular weight excluding hydrogens is 362 g/mol. The summed E-state index contributed by atoms with van der Waals surface area (Å²) in [6.07, 6.45) is 0. The smallest absolute Gasteiger partial charge is 0.242 e. The van der Waals surface area contributed by atoms with E-state index in [1.165, 1.54) is 23.1 Å². The van der Waals surface area contributed by atoms with Gasteiger partial charge in [0, 0.05) is 49.5 Å². The van der Waals surface area contributed by atoms with Crippen LogP contribution in [0.15, 0.2) is 48.5 Å². The summed E-state index contributed by atoms with van der Waals surface area (Å²) in [6, 6.07) is 15.3. The van der Waals surface area contributed by atoms with Crippen molar-refractivity contribution in [1.29, 1.82) is 0 Å². The number of hydrogen-bond acceptors (Lipinski definition) is 3. The topological polar surface area (TPSA) is 43.9 Å². The first-order valence-corrected chi connectivity index (χ1v) is 9.45. The number of hydrogen-bond donors (Lipinski definition) is 0. The van der Waals surface area contributed by atoms with Crippen molar-refractivity contribution in [2.24, 2.45) is 0 Å². The highest BCUT2D eigenvalue weighted by Crippen LogP contribution is 2.20. The number of benzene rings is 2. The quantitative estimate of drug-likeness (QED) is 0.810. The first kappa shape index (κ1) is 19.2. The van der Waals surface area contributed by atoms with Gasteiger partial charge in [-0.2, -0.15) is 0 Å². The summed E-state index contributed by atoms with van der Waals surface area (Å²) >= 11 is 5.91. The lowest BCUT2D eigenvalue weighted by Gasteiger charge is -2.37. The van der Waals surface area contributed by atoms with Crippen molar-refractivity contribution in [3.63, 3.8) is 0 Å². The molecule has 2 aromatic carbocycles. The van der Waals surface area contributed by atoms with E-state index in [0.717, 1.165) is 13.1 Å². The van der Waals surface area contributed by atoms with Gasteiger partial charge in [-0.25, -0.2) is 0 Å². The van der Waals surface area contributed by atoms with Crippen molar-refractivity contribution < 1.29 is 9.59 Å². The fraction of sp³-hybridized carbons (Fsp3) is 0.333. The second-order valence-corrected chi connectivity index (χ2v) is 7.22. The zero-order valence-electron chi connectivity index (χ0n) is 15.7. The van der Waals surface area contributed by atoms with Crippen molar-refractivity contribution in [3.8, 4) is 0 Å². The summed E-state index contributed by atoms with van der Waals surface area (Å²) in [7, 11) is 0. The number of rotatable bonds is 4. The fourth-order valence-electron chi connectivity index (χ4n) is 3.28. The summed E-state index contributed by atoms with van der Waals surface area (Å²) in [6.45, 7) is 6.47. The third-order valence-corrected chi connectivity index (χ3v) is 5.06. The molecule has 2 aromatic rings. The Labute approximate surface area is 165 Å². The van der Waals surface area contributed by atoms with Gasteiger partial charge in [-0.3, -0.25) is 9.59 Å². The van der Waals surface area contributed by atoms with Crippen LogP contribution in [-0.2, 0) is 9.59 Å². The van der Waals surface area contributed by atoms with Gasteiger partial charge < -0.3 is 14.7 Å². The van der Waals surface area contributed by atoms with Crippen LogP contribution in [0.5, 0.6) is 0 Å². The van der Waals surface area contributed by atoms with Gasteiger partial charge in [-0.05, 0) is 48.9 Å². The normalized spacial score (nSPS) is 14.2. The monoisotopic (exact) mass is 385 g/mol. The summed E-state index contributed by atoms with van der Waals surface area (Å²) in [4.78, 5) is 30.4. The van der Waals surface area contributed by atoms with Gasteiger partial charge >= 0.3 is 0 Å². The molecular formula is C21H24ClN3O2. The molecule has 0 N–H and O–H groups in total. The Morgan fingerprint density at radius 1 is 1.04 bits per heavy atom. The molecule has 6 heteroatoms. The van der Waals surface area contributed by atoms with E-state index in [0.29, 0.717) is 23.8 Å². The number of amides is 2. The molecule has 142 valence electrons. The molecule has 1 aliphatic heterocycles. The van der Waals surface area contributed by atoms with Gasteiger partial charge in [0.1, 0.15) is 6.54 Å². The Kier molecular flexibility index (Phi) is 6.01. The molecule has 0 spiro atoms. The minimum atomic E-state index is -0.163. The molecule has 5 nitrogen and oxygen atoms in total. The molecule has 0 aromatic heterocycles. The summed E-state index contributed by atoms with van der Waals surface area (Å²) in [5.41, 5.74) is 3.10. The summed E-state index contributed by atoms with van der Waals surface area (Å²) < 4.78 is 0. The van der Waals surface area contributed by atoms with E-state index in [-0.39, 0.29) is 18.4 Å². The molecule has 1 heterocycles. The third kappa shape index (κ3) is 4.80. The number of halogens is 1. The van der Waals surface area contributed by atoms with Crippen LogP contribution in [0.25, 0.3) is 0 Å². The van der Waals surface area contributed by atoms with Crippen molar-refractivity contribution >= 4 is 34.8 Å². The maximum atomic E-state index is 12.7. The van der Waals surface area contributed by atoms with Crippen molar-refractivity contribution in [2.45, 2.75) is 13.8 Å². The van der Waals surface area contributed by atoms with E-state index >= 15 is 0 Å². The Morgan fingerprint density at radius 2 is 1.70 bits per heavy atom. The minimum absolute atomic E-state index is 0.0379. The van der Waals surface area contributed by atoms with Gasteiger partial charge in [-0.1, -0.05) is 23.7 Å². The number of piperazine rings is 1. The zero-order valence-corrected chi connectivity index (χ0v) is 16.4. The average molecular weight is 386 g/mol. The molecule has 0 unspecified atom stereocenters. The Morgan fingerprint density at radius 3 is 2.30 bits per heavy atom. The predicted molar refractivity (Wildman–Crippen MR) is 109 cm³/mol. The van der Waals surface area contributed by atoms with E-state index in [1.807, 2.05) is 4.90 Å². The molecule has 1 aliphatic rings. The van der Waals surface area contributed by atoms with Crippen molar-refractivity contribution in [1.82, 2.24) is 4.90 Å². The molecule has 1 fully saturated rings. The van der Waals surface area contributed by atoms with Gasteiger partial charge in [0.25, 0.3) is 0 Å². The van der Waals surface area contributed by atoms with Crippen LogP contribution < -0.4 is 9.80 Å². The van der Waals surface area contributed by atoms with Crippen molar-refractivity contribution in [3.05, 3.63) is 59.1 Å². The second-order valence-electron chi connectivity index (χ2n) is 6.79. The van der Waals surface area contributed by atoms with E-state index in [2.05, 4.69) is 36.1 Å². The summed E-state index contributed by atoms with van der Waals surface area (Å²) in [5, 5.41) is 0.598. The number of carbonyl (C=O) groups is 2. The molecule has 1 saturated heterocycles. The van der Waals surface area contributed by atoms with Gasteiger partial charge in [0.05, 0.1) is 0 Å². The van der Waals surface area contributed by atoms with Crippen LogP contribution in [0, 0.1) is 6.92 Å². The van der Waals surface area contributed by atoms with Crippen LogP contribution in [-0.4, -0.2) is 49.4 Å². The van der Waals surface area contributed by atoms with E-state index in [4.69, 9.17) is 11.6 Å². The van der Waals surface area contributed by atoms with Gasteiger partial charge in [0.2, 0.25) is 11.8 Å². The average Bonchev–Trinajstić information content (AvgIpc) is 2.67. The fourth-order valence-corrected chi connectivity index (χ4v) is 3.41. The van der Waals surface area contributed by atoms with Crippen molar-refractivity contribution in [2.75, 3.05) is 42.5 Å². The Hall–Kier alpha value is -2.53. The lowest BCUT2D eigenvalue weighted by Crippen LogP contribution is -2.51. The lowest BCUT2D eigenvalue weighted by molar-refractivity contribution is -0.131. The maximum absolute atomic E-state index is 12.7. The van der Waals surface area contributed by atoms with Crippen LogP contribution in [0.2, 0.25) is 5.02 Å². The van der Waals surface area contributed by atoms with E-state index < -0.39 is 0 Å². The van der Waals surface area contributed by atoms with Gasteiger partial charge in [0.15, 0.2) is 0 Å². The summed E-state index contributed by atoms with van der Waals surface area (Å²) in [5.74, 6) is -0.201. The Bertz CT molecular complexity index is 814. The van der Waals surface area contributed by atoms with E-state index in [1.54, 1.807) is 24.3 Å². The highest BCUT2D eigenvalue weighted by molar-refractivity contribution is 6.30. The largest absolute Gasteiger partial charge is 0.368 e. The molecule has 0 bridgehead atoms. The maximum Gasteiger partial charge on any atom is 0.242 e. The minimum Gasteiger partial charge on any atom is -0.368 e.